The first kappa shape index (κ1) is 16.0. The van der Waals surface area contributed by atoms with Crippen LogP contribution in [0, 0.1) is 25.2 Å². The summed E-state index contributed by atoms with van der Waals surface area (Å²) in [5, 5.41) is 17.6. The SMILES string of the molecule is Cc1ccc(C)c(OCc2nnc(Sc3nccnc3C#N)o2)c1. The predicted molar refractivity (Wildman–Crippen MR) is 85.4 cm³/mol. The van der Waals surface area contributed by atoms with Gasteiger partial charge in [0.25, 0.3) is 11.1 Å². The molecule has 0 saturated heterocycles. The molecule has 7 nitrogen and oxygen atoms in total. The van der Waals surface area contributed by atoms with Crippen molar-refractivity contribution in [2.75, 3.05) is 0 Å². The van der Waals surface area contributed by atoms with Gasteiger partial charge in [0.2, 0.25) is 0 Å². The third-order valence-electron chi connectivity index (χ3n) is 3.10. The van der Waals surface area contributed by atoms with E-state index >= 15 is 0 Å². The summed E-state index contributed by atoms with van der Waals surface area (Å²) in [6.07, 6.45) is 2.96. The molecule has 0 N–H and O–H groups in total. The Kier molecular flexibility index (Phi) is 4.72. The summed E-state index contributed by atoms with van der Waals surface area (Å²) < 4.78 is 11.2. The number of hydrogen-bond donors (Lipinski definition) is 0. The van der Waals surface area contributed by atoms with Crippen LogP contribution < -0.4 is 4.74 Å². The fraction of sp³-hybridized carbons (Fsp3) is 0.188. The number of aromatic nitrogens is 4. The first-order chi connectivity index (χ1) is 11.7. The summed E-state index contributed by atoms with van der Waals surface area (Å²) in [5.41, 5.74) is 2.37. The van der Waals surface area contributed by atoms with Gasteiger partial charge in [-0.05, 0) is 42.8 Å². The lowest BCUT2D eigenvalue weighted by Gasteiger charge is -2.07. The second-order valence-electron chi connectivity index (χ2n) is 4.94. The molecule has 0 aliphatic rings. The molecule has 0 atom stereocenters. The Labute approximate surface area is 142 Å². The molecule has 0 spiro atoms. The number of rotatable bonds is 5. The zero-order chi connectivity index (χ0) is 16.9. The summed E-state index contributed by atoms with van der Waals surface area (Å²) in [6, 6.07) is 7.95. The van der Waals surface area contributed by atoms with Crippen LogP contribution in [0.5, 0.6) is 5.75 Å². The van der Waals surface area contributed by atoms with Gasteiger partial charge in [0, 0.05) is 12.4 Å². The average Bonchev–Trinajstić information content (AvgIpc) is 3.03. The van der Waals surface area contributed by atoms with Crippen molar-refractivity contribution in [3.8, 4) is 11.8 Å². The molecule has 3 rings (SSSR count). The lowest BCUT2D eigenvalue weighted by atomic mass is 10.1. The van der Waals surface area contributed by atoms with Crippen LogP contribution in [0.4, 0.5) is 0 Å². The molecule has 0 fully saturated rings. The van der Waals surface area contributed by atoms with E-state index in [0.717, 1.165) is 28.6 Å². The van der Waals surface area contributed by atoms with Crippen LogP contribution in [0.3, 0.4) is 0 Å². The molecule has 120 valence electrons. The van der Waals surface area contributed by atoms with Gasteiger partial charge in [-0.1, -0.05) is 12.1 Å². The van der Waals surface area contributed by atoms with Crippen LogP contribution in [-0.2, 0) is 6.61 Å². The van der Waals surface area contributed by atoms with E-state index in [-0.39, 0.29) is 17.5 Å². The van der Waals surface area contributed by atoms with E-state index in [4.69, 9.17) is 14.4 Å². The minimum atomic E-state index is 0.170. The third-order valence-corrected chi connectivity index (χ3v) is 3.93. The molecule has 8 heteroatoms. The highest BCUT2D eigenvalue weighted by molar-refractivity contribution is 7.99. The molecule has 2 heterocycles. The van der Waals surface area contributed by atoms with E-state index in [0.29, 0.717) is 10.9 Å². The van der Waals surface area contributed by atoms with E-state index in [2.05, 4.69) is 20.2 Å². The zero-order valence-corrected chi connectivity index (χ0v) is 13.9. The Morgan fingerprint density at radius 3 is 2.88 bits per heavy atom. The van der Waals surface area contributed by atoms with Gasteiger partial charge in [0.1, 0.15) is 16.8 Å². The van der Waals surface area contributed by atoms with Crippen molar-refractivity contribution in [3.05, 3.63) is 53.3 Å². The van der Waals surface area contributed by atoms with Gasteiger partial charge in [0.15, 0.2) is 12.3 Å². The van der Waals surface area contributed by atoms with Crippen molar-refractivity contribution in [2.45, 2.75) is 30.7 Å². The van der Waals surface area contributed by atoms with E-state index in [1.165, 1.54) is 12.4 Å². The lowest BCUT2D eigenvalue weighted by molar-refractivity contribution is 0.250. The minimum Gasteiger partial charge on any atom is -0.484 e. The van der Waals surface area contributed by atoms with Crippen LogP contribution >= 0.6 is 11.8 Å². The Balaban J connectivity index is 1.68. The van der Waals surface area contributed by atoms with Crippen LogP contribution in [0.2, 0.25) is 0 Å². The largest absolute Gasteiger partial charge is 0.484 e. The molecular formula is C16H13N5O2S. The van der Waals surface area contributed by atoms with Crippen molar-refractivity contribution in [2.24, 2.45) is 0 Å². The third kappa shape index (κ3) is 3.70. The molecule has 0 amide bonds. The molecule has 0 aliphatic heterocycles. The smallest absolute Gasteiger partial charge is 0.283 e. The van der Waals surface area contributed by atoms with Gasteiger partial charge < -0.3 is 9.15 Å². The number of nitrogens with zero attached hydrogens (tertiary/aromatic N) is 5. The van der Waals surface area contributed by atoms with E-state index in [9.17, 15) is 0 Å². The van der Waals surface area contributed by atoms with Crippen LogP contribution in [-0.4, -0.2) is 20.2 Å². The Morgan fingerprint density at radius 1 is 1.21 bits per heavy atom. The number of ether oxygens (including phenoxy) is 1. The number of hydrogen-bond acceptors (Lipinski definition) is 8. The fourth-order valence-corrected chi connectivity index (χ4v) is 2.59. The van der Waals surface area contributed by atoms with E-state index in [1.807, 2.05) is 38.1 Å². The lowest BCUT2D eigenvalue weighted by Crippen LogP contribution is -1.97. The maximum atomic E-state index is 9.01. The Bertz CT molecular complexity index is 903. The monoisotopic (exact) mass is 339 g/mol. The molecular weight excluding hydrogens is 326 g/mol. The second-order valence-corrected chi connectivity index (χ2v) is 5.88. The highest BCUT2D eigenvalue weighted by Crippen LogP contribution is 2.26. The van der Waals surface area contributed by atoms with Crippen molar-refractivity contribution in [1.82, 2.24) is 20.2 Å². The van der Waals surface area contributed by atoms with E-state index in [1.54, 1.807) is 0 Å². The molecule has 1 aromatic carbocycles. The number of nitriles is 1. The van der Waals surface area contributed by atoms with Gasteiger partial charge >= 0.3 is 0 Å². The van der Waals surface area contributed by atoms with Crippen LogP contribution in [0.25, 0.3) is 0 Å². The normalized spacial score (nSPS) is 10.4. The summed E-state index contributed by atoms with van der Waals surface area (Å²) in [4.78, 5) is 8.02. The standard InChI is InChI=1S/C16H13N5O2S/c1-10-3-4-11(2)13(7-10)22-9-14-20-21-16(23-14)24-15-12(8-17)18-5-6-19-15/h3-7H,9H2,1-2H3. The summed E-state index contributed by atoms with van der Waals surface area (Å²) >= 11 is 1.09. The maximum absolute atomic E-state index is 9.01. The van der Waals surface area contributed by atoms with Crippen molar-refractivity contribution in [3.63, 3.8) is 0 Å². The average molecular weight is 339 g/mol. The molecule has 3 aromatic rings. The molecule has 0 unspecified atom stereocenters. The summed E-state index contributed by atoms with van der Waals surface area (Å²) in [7, 11) is 0. The molecule has 2 aromatic heterocycles. The van der Waals surface area contributed by atoms with Gasteiger partial charge in [-0.15, -0.1) is 10.2 Å². The Morgan fingerprint density at radius 2 is 2.04 bits per heavy atom. The Hall–Kier alpha value is -2.92. The van der Waals surface area contributed by atoms with Gasteiger partial charge in [-0.2, -0.15) is 5.26 Å². The second kappa shape index (κ2) is 7.10. The maximum Gasteiger partial charge on any atom is 0.283 e. The van der Waals surface area contributed by atoms with Gasteiger partial charge in [-0.3, -0.25) is 0 Å². The highest BCUT2D eigenvalue weighted by Gasteiger charge is 2.13. The molecule has 0 aliphatic carbocycles. The minimum absolute atomic E-state index is 0.170. The van der Waals surface area contributed by atoms with Crippen LogP contribution in [0.15, 0.2) is 45.3 Å². The van der Waals surface area contributed by atoms with Crippen molar-refractivity contribution < 1.29 is 9.15 Å². The summed E-state index contributed by atoms with van der Waals surface area (Å²) in [5.74, 6) is 1.13. The first-order valence-corrected chi connectivity index (χ1v) is 7.89. The van der Waals surface area contributed by atoms with Crippen LogP contribution in [0.1, 0.15) is 22.7 Å². The van der Waals surface area contributed by atoms with E-state index < -0.39 is 0 Å². The highest BCUT2D eigenvalue weighted by atomic mass is 32.2. The summed E-state index contributed by atoms with van der Waals surface area (Å²) in [6.45, 7) is 4.15. The quantitative estimate of drug-likeness (QED) is 0.699. The first-order valence-electron chi connectivity index (χ1n) is 7.07. The number of benzene rings is 1. The number of aryl methyl sites for hydroxylation is 2. The van der Waals surface area contributed by atoms with Gasteiger partial charge in [0.05, 0.1) is 0 Å². The molecule has 0 radical (unpaired) electrons. The van der Waals surface area contributed by atoms with Crippen molar-refractivity contribution in [1.29, 1.82) is 5.26 Å². The topological polar surface area (TPSA) is 97.7 Å². The molecule has 24 heavy (non-hydrogen) atoms. The van der Waals surface area contributed by atoms with Gasteiger partial charge in [-0.25, -0.2) is 9.97 Å². The zero-order valence-electron chi connectivity index (χ0n) is 13.1. The van der Waals surface area contributed by atoms with Crippen molar-refractivity contribution >= 4 is 11.8 Å². The molecule has 0 bridgehead atoms. The molecule has 0 saturated carbocycles. The predicted octanol–water partition coefficient (Wildman–Crippen LogP) is 3.08. The fourth-order valence-electron chi connectivity index (χ4n) is 1.90.